The Hall–Kier alpha value is -0.920. The maximum atomic E-state index is 12.9. The Bertz CT molecular complexity index is 246. The lowest BCUT2D eigenvalue weighted by atomic mass is 10.0. The maximum absolute atomic E-state index is 12.9. The number of benzene rings is 1. The van der Waals surface area contributed by atoms with Crippen molar-refractivity contribution in [1.29, 1.82) is 0 Å². The highest BCUT2D eigenvalue weighted by atomic mass is 19.1. The average molecular weight is 169 g/mol. The van der Waals surface area contributed by atoms with Crippen LogP contribution in [-0.2, 0) is 0 Å². The summed E-state index contributed by atoms with van der Waals surface area (Å²) in [4.78, 5) is 0. The minimum atomic E-state index is -0.497. The fraction of sp³-hybridized carbons (Fsp3) is 0.300. The summed E-state index contributed by atoms with van der Waals surface area (Å²) in [6.07, 6.45) is 1.57. The molecule has 0 saturated heterocycles. The molecule has 1 rings (SSSR count). The van der Waals surface area contributed by atoms with Gasteiger partial charge in [-0.1, -0.05) is 19.9 Å². The standard InChI is InChI=1S/C10H11F2/c1-7(2)6-8-9(11)4-3-5-10(8)12/h3-7H,1-2H3. The van der Waals surface area contributed by atoms with Gasteiger partial charge in [-0.15, -0.1) is 0 Å². The van der Waals surface area contributed by atoms with Crippen molar-refractivity contribution in [2.24, 2.45) is 5.92 Å². The molecule has 1 aromatic carbocycles. The van der Waals surface area contributed by atoms with Crippen molar-refractivity contribution in [3.8, 4) is 0 Å². The Kier molecular flexibility index (Phi) is 2.79. The van der Waals surface area contributed by atoms with Crippen molar-refractivity contribution >= 4 is 0 Å². The molecule has 0 saturated carbocycles. The van der Waals surface area contributed by atoms with Crippen molar-refractivity contribution in [1.82, 2.24) is 0 Å². The quantitative estimate of drug-likeness (QED) is 0.637. The molecule has 0 amide bonds. The van der Waals surface area contributed by atoms with Crippen LogP contribution in [0.4, 0.5) is 8.78 Å². The van der Waals surface area contributed by atoms with Crippen LogP contribution in [0.15, 0.2) is 18.2 Å². The van der Waals surface area contributed by atoms with Gasteiger partial charge in [0.2, 0.25) is 0 Å². The van der Waals surface area contributed by atoms with Gasteiger partial charge in [0.15, 0.2) is 0 Å². The zero-order valence-electron chi connectivity index (χ0n) is 7.14. The molecule has 0 aromatic heterocycles. The molecule has 65 valence electrons. The van der Waals surface area contributed by atoms with Crippen LogP contribution >= 0.6 is 0 Å². The van der Waals surface area contributed by atoms with E-state index in [-0.39, 0.29) is 11.5 Å². The van der Waals surface area contributed by atoms with E-state index in [4.69, 9.17) is 0 Å². The summed E-state index contributed by atoms with van der Waals surface area (Å²) in [5.74, 6) is -0.844. The Morgan fingerprint density at radius 3 is 2.08 bits per heavy atom. The van der Waals surface area contributed by atoms with E-state index in [0.29, 0.717) is 0 Å². The van der Waals surface area contributed by atoms with Crippen molar-refractivity contribution in [2.45, 2.75) is 13.8 Å². The lowest BCUT2D eigenvalue weighted by molar-refractivity contribution is 0.561. The molecule has 2 heteroatoms. The van der Waals surface area contributed by atoms with Gasteiger partial charge in [0.1, 0.15) is 11.6 Å². The van der Waals surface area contributed by atoms with Crippen molar-refractivity contribution in [3.05, 3.63) is 41.8 Å². The van der Waals surface area contributed by atoms with Crippen LogP contribution in [0.3, 0.4) is 0 Å². The van der Waals surface area contributed by atoms with E-state index in [9.17, 15) is 8.78 Å². The first-order chi connectivity index (χ1) is 5.61. The third kappa shape index (κ3) is 2.03. The van der Waals surface area contributed by atoms with E-state index in [1.165, 1.54) is 18.2 Å². The molecule has 0 atom stereocenters. The summed E-state index contributed by atoms with van der Waals surface area (Å²) in [5.41, 5.74) is 0.0764. The van der Waals surface area contributed by atoms with E-state index in [2.05, 4.69) is 0 Å². The van der Waals surface area contributed by atoms with Gasteiger partial charge < -0.3 is 0 Å². The van der Waals surface area contributed by atoms with E-state index in [1.807, 2.05) is 13.8 Å². The zero-order chi connectivity index (χ0) is 9.14. The molecule has 0 spiro atoms. The first-order valence-electron chi connectivity index (χ1n) is 3.90. The van der Waals surface area contributed by atoms with Crippen molar-refractivity contribution < 1.29 is 8.78 Å². The maximum Gasteiger partial charge on any atom is 0.129 e. The predicted molar refractivity (Wildman–Crippen MR) is 44.6 cm³/mol. The lowest BCUT2D eigenvalue weighted by Gasteiger charge is -2.06. The highest BCUT2D eigenvalue weighted by molar-refractivity contribution is 5.26. The summed E-state index contributed by atoms with van der Waals surface area (Å²) < 4.78 is 25.9. The summed E-state index contributed by atoms with van der Waals surface area (Å²) in [6, 6.07) is 3.89. The molecule has 0 heterocycles. The summed E-state index contributed by atoms with van der Waals surface area (Å²) >= 11 is 0. The highest BCUT2D eigenvalue weighted by Gasteiger charge is 2.09. The SMILES string of the molecule is CC(C)[CH]c1c(F)cccc1F. The first-order valence-corrected chi connectivity index (χ1v) is 3.90. The van der Waals surface area contributed by atoms with E-state index in [1.54, 1.807) is 6.42 Å². The predicted octanol–water partition coefficient (Wildman–Crippen LogP) is 3.17. The van der Waals surface area contributed by atoms with Gasteiger partial charge in [-0.3, -0.25) is 0 Å². The third-order valence-corrected chi connectivity index (χ3v) is 1.50. The Morgan fingerprint density at radius 2 is 1.67 bits per heavy atom. The molecular weight excluding hydrogens is 158 g/mol. The smallest absolute Gasteiger partial charge is 0.129 e. The van der Waals surface area contributed by atoms with Crippen LogP contribution < -0.4 is 0 Å². The molecule has 0 aliphatic carbocycles. The van der Waals surface area contributed by atoms with Gasteiger partial charge in [0, 0.05) is 5.56 Å². The fourth-order valence-corrected chi connectivity index (χ4v) is 1.00. The molecule has 0 unspecified atom stereocenters. The minimum Gasteiger partial charge on any atom is -0.207 e. The van der Waals surface area contributed by atoms with Crippen LogP contribution in [0.5, 0.6) is 0 Å². The van der Waals surface area contributed by atoms with Gasteiger partial charge in [0.25, 0.3) is 0 Å². The molecule has 1 aromatic rings. The van der Waals surface area contributed by atoms with Crippen LogP contribution in [0.2, 0.25) is 0 Å². The molecule has 12 heavy (non-hydrogen) atoms. The summed E-state index contributed by atoms with van der Waals surface area (Å²) in [5, 5.41) is 0. The van der Waals surface area contributed by atoms with Crippen molar-refractivity contribution in [2.75, 3.05) is 0 Å². The normalized spacial score (nSPS) is 10.8. The molecule has 0 bridgehead atoms. The molecular formula is C10H11F2. The zero-order valence-corrected chi connectivity index (χ0v) is 7.14. The molecule has 1 radical (unpaired) electrons. The number of hydrogen-bond acceptors (Lipinski definition) is 0. The van der Waals surface area contributed by atoms with E-state index in [0.717, 1.165) is 0 Å². The Balaban J connectivity index is 2.96. The van der Waals surface area contributed by atoms with Gasteiger partial charge in [-0.05, 0) is 24.5 Å². The van der Waals surface area contributed by atoms with Gasteiger partial charge in [-0.25, -0.2) is 8.78 Å². The number of hydrogen-bond donors (Lipinski definition) is 0. The Labute approximate surface area is 71.2 Å². The molecule has 0 aliphatic rings. The summed E-state index contributed by atoms with van der Waals surface area (Å²) in [7, 11) is 0. The lowest BCUT2D eigenvalue weighted by Crippen LogP contribution is -1.97. The highest BCUT2D eigenvalue weighted by Crippen LogP contribution is 2.17. The minimum absolute atomic E-state index is 0.0764. The molecule has 0 N–H and O–H groups in total. The second-order valence-electron chi connectivity index (χ2n) is 3.05. The topological polar surface area (TPSA) is 0 Å². The first kappa shape index (κ1) is 9.17. The van der Waals surface area contributed by atoms with Gasteiger partial charge in [0.05, 0.1) is 0 Å². The second kappa shape index (κ2) is 3.65. The largest absolute Gasteiger partial charge is 0.207 e. The Morgan fingerprint density at radius 1 is 1.17 bits per heavy atom. The van der Waals surface area contributed by atoms with Crippen molar-refractivity contribution in [3.63, 3.8) is 0 Å². The second-order valence-corrected chi connectivity index (χ2v) is 3.05. The van der Waals surface area contributed by atoms with Gasteiger partial charge >= 0.3 is 0 Å². The number of rotatable bonds is 2. The van der Waals surface area contributed by atoms with Gasteiger partial charge in [-0.2, -0.15) is 0 Å². The average Bonchev–Trinajstić information content (AvgIpc) is 1.97. The monoisotopic (exact) mass is 169 g/mol. The molecule has 0 nitrogen and oxygen atoms in total. The third-order valence-electron chi connectivity index (χ3n) is 1.50. The fourth-order valence-electron chi connectivity index (χ4n) is 1.00. The van der Waals surface area contributed by atoms with E-state index >= 15 is 0 Å². The summed E-state index contributed by atoms with van der Waals surface area (Å²) in [6.45, 7) is 3.76. The van der Waals surface area contributed by atoms with Crippen LogP contribution in [-0.4, -0.2) is 0 Å². The van der Waals surface area contributed by atoms with Crippen LogP contribution in [0.1, 0.15) is 19.4 Å². The van der Waals surface area contributed by atoms with Crippen LogP contribution in [0, 0.1) is 24.0 Å². The number of halogens is 2. The molecule has 0 aliphatic heterocycles. The molecule has 0 fully saturated rings. The van der Waals surface area contributed by atoms with E-state index < -0.39 is 11.6 Å². The van der Waals surface area contributed by atoms with Crippen LogP contribution in [0.25, 0.3) is 0 Å².